The van der Waals surface area contributed by atoms with E-state index >= 15 is 8.78 Å². The average Bonchev–Trinajstić information content (AvgIpc) is 3.50. The van der Waals surface area contributed by atoms with Crippen LogP contribution in [-0.4, -0.2) is 77.7 Å². The molecule has 4 aromatic rings. The minimum atomic E-state index is -1.06. The smallest absolute Gasteiger partial charge is 0.319 e. The molecule has 13 heteroatoms. The summed E-state index contributed by atoms with van der Waals surface area (Å²) in [7, 11) is 6.11. The van der Waals surface area contributed by atoms with Gasteiger partial charge in [0.25, 0.3) is 0 Å². The van der Waals surface area contributed by atoms with Crippen LogP contribution in [0.25, 0.3) is 32.2 Å². The zero-order valence-electron chi connectivity index (χ0n) is 23.6. The molecule has 42 heavy (non-hydrogen) atoms. The lowest BCUT2D eigenvalue weighted by molar-refractivity contribution is 0.0738. The van der Waals surface area contributed by atoms with Gasteiger partial charge < -0.3 is 25.6 Å². The van der Waals surface area contributed by atoms with Crippen LogP contribution in [0.2, 0.25) is 0 Å². The first kappa shape index (κ1) is 28.4. The molecule has 1 aliphatic carbocycles. The predicted octanol–water partition coefficient (Wildman–Crippen LogP) is 5.00. The lowest BCUT2D eigenvalue weighted by atomic mass is 9.75. The summed E-state index contributed by atoms with van der Waals surface area (Å²) in [6.45, 7) is 2.77. The number of aromatic nitrogens is 3. The Morgan fingerprint density at radius 3 is 2.69 bits per heavy atom. The van der Waals surface area contributed by atoms with E-state index in [0.29, 0.717) is 30.4 Å². The van der Waals surface area contributed by atoms with Crippen molar-refractivity contribution in [3.63, 3.8) is 0 Å². The third kappa shape index (κ3) is 4.77. The van der Waals surface area contributed by atoms with Crippen LogP contribution in [-0.2, 0) is 0 Å². The molecule has 2 aliphatic rings. The number of fused-ring (bicyclic) bond motifs is 2. The van der Waals surface area contributed by atoms with Crippen molar-refractivity contribution in [3.8, 4) is 23.3 Å². The molecule has 0 amide bonds. The molecule has 1 saturated carbocycles. The molecule has 0 spiro atoms. The van der Waals surface area contributed by atoms with Gasteiger partial charge in [-0.2, -0.15) is 15.2 Å². The maximum absolute atomic E-state index is 16.4. The number of halogens is 3. The average molecular weight is 597 g/mol. The highest BCUT2D eigenvalue weighted by atomic mass is 32.1. The minimum Gasteiger partial charge on any atom is -0.463 e. The van der Waals surface area contributed by atoms with E-state index < -0.39 is 23.1 Å². The van der Waals surface area contributed by atoms with Crippen LogP contribution in [0, 0.1) is 34.7 Å². The van der Waals surface area contributed by atoms with Gasteiger partial charge in [0.2, 0.25) is 0 Å². The second-order valence-corrected chi connectivity index (χ2v) is 12.5. The zero-order chi connectivity index (χ0) is 29.8. The number of nitrogens with two attached hydrogens (primary N) is 1. The molecule has 220 valence electrons. The Balaban J connectivity index is 1.47. The highest BCUT2D eigenvalue weighted by Crippen LogP contribution is 2.43. The van der Waals surface area contributed by atoms with Gasteiger partial charge in [-0.1, -0.05) is 0 Å². The van der Waals surface area contributed by atoms with E-state index in [1.165, 1.54) is 6.20 Å². The topological polar surface area (TPSA) is 116 Å². The van der Waals surface area contributed by atoms with E-state index in [1.807, 2.05) is 27.2 Å². The van der Waals surface area contributed by atoms with E-state index in [-0.39, 0.29) is 49.2 Å². The van der Waals surface area contributed by atoms with Gasteiger partial charge in [-0.15, -0.1) is 11.3 Å². The van der Waals surface area contributed by atoms with Gasteiger partial charge in [-0.3, -0.25) is 4.98 Å². The summed E-state index contributed by atoms with van der Waals surface area (Å²) in [5.41, 5.74) is 4.87. The van der Waals surface area contributed by atoms with E-state index in [2.05, 4.69) is 30.1 Å². The number of nitriles is 1. The summed E-state index contributed by atoms with van der Waals surface area (Å²) < 4.78 is 52.4. The maximum atomic E-state index is 16.4. The maximum Gasteiger partial charge on any atom is 0.319 e. The first-order chi connectivity index (χ1) is 20.1. The second kappa shape index (κ2) is 10.8. The van der Waals surface area contributed by atoms with Crippen LogP contribution in [0.1, 0.15) is 31.2 Å². The summed E-state index contributed by atoms with van der Waals surface area (Å²) in [4.78, 5) is 17.6. The Bertz CT molecular complexity index is 1730. The van der Waals surface area contributed by atoms with Crippen molar-refractivity contribution in [2.75, 3.05) is 58.4 Å². The summed E-state index contributed by atoms with van der Waals surface area (Å²) >= 11 is 0.800. The van der Waals surface area contributed by atoms with Crippen molar-refractivity contribution < 1.29 is 17.9 Å². The fraction of sp³-hybridized carbons (Fsp3) is 0.448. The molecule has 1 atom stereocenters. The fourth-order valence-electron chi connectivity index (χ4n) is 5.95. The van der Waals surface area contributed by atoms with Crippen LogP contribution in [0.5, 0.6) is 6.01 Å². The van der Waals surface area contributed by atoms with Crippen molar-refractivity contribution in [1.82, 2.24) is 24.8 Å². The molecule has 3 N–H and O–H groups in total. The van der Waals surface area contributed by atoms with Crippen molar-refractivity contribution in [3.05, 3.63) is 35.3 Å². The number of ether oxygens (including phenoxy) is 1. The molecule has 1 aliphatic heterocycles. The number of likely N-dealkylation sites (tertiary alicyclic amines) is 1. The number of pyridine rings is 1. The number of hydrogen-bond acceptors (Lipinski definition) is 10. The summed E-state index contributed by atoms with van der Waals surface area (Å²) in [5.74, 6) is -2.25. The van der Waals surface area contributed by atoms with Crippen molar-refractivity contribution in [2.45, 2.75) is 31.2 Å². The summed E-state index contributed by atoms with van der Waals surface area (Å²) in [5, 5.41) is 13.3. The standard InChI is InChI=1S/C29H31F3N8OS/c1-39(2)29(6-4-7-29)14-36-27-17-11-35-24(21-18(30)9-19(31)25-20(21)16(10-33)26(34)42-25)22(32)23(17)37-28(38-27)41-13-15-5-8-40(3)12-15/h9,11,15H,4-8,12-14,34H2,1-3H3,(H,36,37,38)/t15-/m0/s1. The van der Waals surface area contributed by atoms with E-state index in [4.69, 9.17) is 10.5 Å². The molecule has 3 aromatic heterocycles. The van der Waals surface area contributed by atoms with E-state index in [1.54, 1.807) is 0 Å². The van der Waals surface area contributed by atoms with Crippen LogP contribution in [0.4, 0.5) is 24.0 Å². The molecule has 6 rings (SSSR count). The van der Waals surface area contributed by atoms with Gasteiger partial charge in [0.1, 0.15) is 39.7 Å². The molecule has 0 unspecified atom stereocenters. The number of nitrogens with one attached hydrogen (secondary N) is 1. The number of rotatable bonds is 8. The van der Waals surface area contributed by atoms with Crippen molar-refractivity contribution in [2.24, 2.45) is 5.92 Å². The summed E-state index contributed by atoms with van der Waals surface area (Å²) in [6, 6.07) is 2.54. The number of hydrogen-bond donors (Lipinski definition) is 2. The number of likely N-dealkylation sites (N-methyl/N-ethyl adjacent to an activating group) is 1. The molecular formula is C29H31F3N8OS. The summed E-state index contributed by atoms with van der Waals surface area (Å²) in [6.07, 6.45) is 5.47. The van der Waals surface area contributed by atoms with Crippen molar-refractivity contribution >= 4 is 43.1 Å². The zero-order valence-corrected chi connectivity index (χ0v) is 24.4. The van der Waals surface area contributed by atoms with Gasteiger partial charge in [-0.05, 0) is 53.4 Å². The molecule has 1 aromatic carbocycles. The molecular weight excluding hydrogens is 565 g/mol. The second-order valence-electron chi connectivity index (χ2n) is 11.5. The first-order valence-electron chi connectivity index (χ1n) is 13.8. The normalized spacial score (nSPS) is 18.5. The fourth-order valence-corrected chi connectivity index (χ4v) is 6.88. The lowest BCUT2D eigenvalue weighted by Gasteiger charge is -2.47. The molecule has 2 fully saturated rings. The SMILES string of the molecule is CN1CC[C@H](COc2nc(NCC3(N(C)C)CCC3)c3cnc(-c4c(F)cc(F)c5sc(N)c(C#N)c45)c(F)c3n2)C1. The largest absolute Gasteiger partial charge is 0.463 e. The van der Waals surface area contributed by atoms with E-state index in [9.17, 15) is 9.65 Å². The van der Waals surface area contributed by atoms with Crippen LogP contribution >= 0.6 is 11.3 Å². The number of thiophene rings is 1. The third-order valence-electron chi connectivity index (χ3n) is 8.66. The Labute approximate surface area is 245 Å². The minimum absolute atomic E-state index is 0.00678. The number of benzene rings is 1. The molecule has 1 saturated heterocycles. The van der Waals surface area contributed by atoms with E-state index in [0.717, 1.165) is 50.1 Å². The Kier molecular flexibility index (Phi) is 7.32. The Morgan fingerprint density at radius 2 is 2.05 bits per heavy atom. The van der Waals surface area contributed by atoms with Gasteiger partial charge in [0, 0.05) is 47.8 Å². The third-order valence-corrected chi connectivity index (χ3v) is 9.69. The number of nitrogens with zero attached hydrogens (tertiary/aromatic N) is 6. The predicted molar refractivity (Wildman–Crippen MR) is 157 cm³/mol. The monoisotopic (exact) mass is 596 g/mol. The Morgan fingerprint density at radius 1 is 1.26 bits per heavy atom. The van der Waals surface area contributed by atoms with Crippen LogP contribution < -0.4 is 15.8 Å². The lowest BCUT2D eigenvalue weighted by Crippen LogP contribution is -2.54. The quantitative estimate of drug-likeness (QED) is 0.290. The molecule has 4 heterocycles. The van der Waals surface area contributed by atoms with Crippen molar-refractivity contribution in [1.29, 1.82) is 5.26 Å². The van der Waals surface area contributed by atoms with Gasteiger partial charge >= 0.3 is 6.01 Å². The molecule has 9 nitrogen and oxygen atoms in total. The highest BCUT2D eigenvalue weighted by Gasteiger charge is 2.39. The first-order valence-corrected chi connectivity index (χ1v) is 14.6. The van der Waals surface area contributed by atoms with Crippen LogP contribution in [0.15, 0.2) is 12.3 Å². The van der Waals surface area contributed by atoms with Gasteiger partial charge in [0.05, 0.1) is 22.3 Å². The molecule has 0 bridgehead atoms. The number of nitrogen functional groups attached to an aromatic ring is 1. The molecule has 0 radical (unpaired) electrons. The number of anilines is 2. The Hall–Kier alpha value is -3.73. The highest BCUT2D eigenvalue weighted by molar-refractivity contribution is 7.23. The van der Waals surface area contributed by atoms with Crippen LogP contribution in [0.3, 0.4) is 0 Å². The van der Waals surface area contributed by atoms with Gasteiger partial charge in [-0.25, -0.2) is 13.2 Å². The van der Waals surface area contributed by atoms with Gasteiger partial charge in [0.15, 0.2) is 5.82 Å².